The second-order valence-electron chi connectivity index (χ2n) is 5.54. The van der Waals surface area contributed by atoms with Crippen LogP contribution in [0.4, 0.5) is 5.69 Å². The van der Waals surface area contributed by atoms with Crippen LogP contribution in [0, 0.1) is 0 Å². The van der Waals surface area contributed by atoms with Crippen LogP contribution in [0.3, 0.4) is 0 Å². The average Bonchev–Trinajstić information content (AvgIpc) is 2.46. The highest BCUT2D eigenvalue weighted by atomic mass is 32.2. The molecule has 0 aromatic heterocycles. The van der Waals surface area contributed by atoms with Gasteiger partial charge < -0.3 is 10.1 Å². The van der Waals surface area contributed by atoms with Gasteiger partial charge in [0.15, 0.2) is 0 Å². The first-order chi connectivity index (χ1) is 10.8. The second-order valence-corrected chi connectivity index (χ2v) is 7.66. The lowest BCUT2D eigenvalue weighted by Gasteiger charge is -2.20. The van der Waals surface area contributed by atoms with Crippen LogP contribution in [-0.2, 0) is 14.8 Å². The van der Waals surface area contributed by atoms with Gasteiger partial charge in [-0.05, 0) is 44.5 Å². The molecule has 6 nitrogen and oxygen atoms in total. The van der Waals surface area contributed by atoms with Crippen molar-refractivity contribution in [3.63, 3.8) is 0 Å². The fourth-order valence-electron chi connectivity index (χ4n) is 1.94. The quantitative estimate of drug-likeness (QED) is 0.746. The zero-order chi connectivity index (χ0) is 17.5. The molecule has 0 atom stereocenters. The molecule has 130 valence electrons. The van der Waals surface area contributed by atoms with Gasteiger partial charge in [0.1, 0.15) is 5.75 Å². The maximum Gasteiger partial charge on any atom is 0.236 e. The fourth-order valence-corrected chi connectivity index (χ4v) is 3.02. The Kier molecular flexibility index (Phi) is 7.35. The van der Waals surface area contributed by atoms with E-state index < -0.39 is 10.0 Å². The predicted octanol–water partition coefficient (Wildman–Crippen LogP) is 2.16. The summed E-state index contributed by atoms with van der Waals surface area (Å²) >= 11 is 0. The number of benzene rings is 1. The first-order valence-corrected chi connectivity index (χ1v) is 9.37. The van der Waals surface area contributed by atoms with Crippen LogP contribution < -0.4 is 14.4 Å². The summed E-state index contributed by atoms with van der Waals surface area (Å²) < 4.78 is 31.3. The Morgan fingerprint density at radius 1 is 1.26 bits per heavy atom. The Morgan fingerprint density at radius 3 is 2.39 bits per heavy atom. The van der Waals surface area contributed by atoms with Gasteiger partial charge in [0.2, 0.25) is 15.9 Å². The van der Waals surface area contributed by atoms with Crippen LogP contribution >= 0.6 is 0 Å². The predicted molar refractivity (Wildman–Crippen MR) is 92.3 cm³/mol. The summed E-state index contributed by atoms with van der Waals surface area (Å²) in [7, 11) is -1.98. The van der Waals surface area contributed by atoms with Gasteiger partial charge >= 0.3 is 0 Å². The van der Waals surface area contributed by atoms with Crippen molar-refractivity contribution in [3.8, 4) is 5.75 Å². The number of rotatable bonds is 9. The Balaban J connectivity index is 2.63. The van der Waals surface area contributed by atoms with Crippen molar-refractivity contribution in [1.82, 2.24) is 5.32 Å². The summed E-state index contributed by atoms with van der Waals surface area (Å²) in [5, 5.41) is 2.61. The molecule has 1 aromatic rings. The molecule has 1 N–H and O–H groups in total. The van der Waals surface area contributed by atoms with E-state index in [0.29, 0.717) is 17.9 Å². The highest BCUT2D eigenvalue weighted by molar-refractivity contribution is 7.92. The van der Waals surface area contributed by atoms with Crippen LogP contribution in [0.2, 0.25) is 0 Å². The zero-order valence-electron chi connectivity index (χ0n) is 14.2. The highest BCUT2D eigenvalue weighted by Gasteiger charge is 2.18. The van der Waals surface area contributed by atoms with Gasteiger partial charge in [-0.3, -0.25) is 9.10 Å². The van der Waals surface area contributed by atoms with E-state index in [1.165, 1.54) is 11.4 Å². The van der Waals surface area contributed by atoms with Gasteiger partial charge in [-0.15, -0.1) is 0 Å². The SMILES string of the molecule is CCCC(=O)NCCS(=O)(=O)N(C)c1ccc(OC(C)C)cc1. The molecule has 0 bridgehead atoms. The molecule has 0 aliphatic carbocycles. The number of nitrogens with zero attached hydrogens (tertiary/aromatic N) is 1. The van der Waals surface area contributed by atoms with Crippen LogP contribution in [0.5, 0.6) is 5.75 Å². The zero-order valence-corrected chi connectivity index (χ0v) is 15.0. The Morgan fingerprint density at radius 2 is 1.87 bits per heavy atom. The minimum absolute atomic E-state index is 0.0639. The molecule has 23 heavy (non-hydrogen) atoms. The van der Waals surface area contributed by atoms with Crippen LogP contribution in [0.15, 0.2) is 24.3 Å². The molecule has 0 saturated carbocycles. The van der Waals surface area contributed by atoms with Gasteiger partial charge in [0.25, 0.3) is 0 Å². The van der Waals surface area contributed by atoms with E-state index >= 15 is 0 Å². The van der Waals surface area contributed by atoms with Crippen LogP contribution in [-0.4, -0.2) is 39.8 Å². The summed E-state index contributed by atoms with van der Waals surface area (Å²) in [5.74, 6) is 0.436. The van der Waals surface area contributed by atoms with E-state index in [0.717, 1.165) is 6.42 Å². The molecular formula is C16H26N2O4S. The van der Waals surface area contributed by atoms with E-state index in [4.69, 9.17) is 4.74 Å². The molecule has 1 amide bonds. The third-order valence-corrected chi connectivity index (χ3v) is 4.91. The summed E-state index contributed by atoms with van der Waals surface area (Å²) in [6, 6.07) is 6.88. The summed E-state index contributed by atoms with van der Waals surface area (Å²) in [6.07, 6.45) is 1.21. The summed E-state index contributed by atoms with van der Waals surface area (Å²) in [6.45, 7) is 5.87. The first kappa shape index (κ1) is 19.3. The molecule has 0 saturated heterocycles. The topological polar surface area (TPSA) is 75.7 Å². The van der Waals surface area contributed by atoms with E-state index in [2.05, 4.69) is 5.32 Å². The number of hydrogen-bond acceptors (Lipinski definition) is 4. The standard InChI is InChI=1S/C16H26N2O4S/c1-5-6-16(19)17-11-12-23(20,21)18(4)14-7-9-15(10-8-14)22-13(2)3/h7-10,13H,5-6,11-12H2,1-4H3,(H,17,19). The van der Waals surface area contributed by atoms with Crippen molar-refractivity contribution in [2.45, 2.75) is 39.7 Å². The number of ether oxygens (including phenoxy) is 1. The molecular weight excluding hydrogens is 316 g/mol. The van der Waals surface area contributed by atoms with Gasteiger partial charge in [-0.25, -0.2) is 8.42 Å². The van der Waals surface area contributed by atoms with E-state index in [1.54, 1.807) is 24.3 Å². The van der Waals surface area contributed by atoms with Gasteiger partial charge in [-0.1, -0.05) is 6.92 Å². The Bertz CT molecular complexity index is 597. The van der Waals surface area contributed by atoms with Crippen molar-refractivity contribution in [1.29, 1.82) is 0 Å². The van der Waals surface area contributed by atoms with Crippen molar-refractivity contribution in [3.05, 3.63) is 24.3 Å². The number of carbonyl (C=O) groups excluding carboxylic acids is 1. The van der Waals surface area contributed by atoms with Crippen molar-refractivity contribution >= 4 is 21.6 Å². The van der Waals surface area contributed by atoms with Crippen molar-refractivity contribution in [2.75, 3.05) is 23.7 Å². The third kappa shape index (κ3) is 6.48. The van der Waals surface area contributed by atoms with Gasteiger partial charge in [-0.2, -0.15) is 0 Å². The van der Waals surface area contributed by atoms with E-state index in [1.807, 2.05) is 20.8 Å². The van der Waals surface area contributed by atoms with Gasteiger partial charge in [0.05, 0.1) is 17.5 Å². The average molecular weight is 342 g/mol. The van der Waals surface area contributed by atoms with E-state index in [-0.39, 0.29) is 24.3 Å². The number of sulfonamides is 1. The highest BCUT2D eigenvalue weighted by Crippen LogP contribution is 2.21. The maximum absolute atomic E-state index is 12.3. The third-order valence-electron chi connectivity index (χ3n) is 3.15. The Labute approximate surface area is 138 Å². The minimum atomic E-state index is -3.48. The summed E-state index contributed by atoms with van der Waals surface area (Å²) in [5.41, 5.74) is 0.556. The van der Waals surface area contributed by atoms with Crippen LogP contribution in [0.25, 0.3) is 0 Å². The molecule has 0 radical (unpaired) electrons. The molecule has 1 aromatic carbocycles. The lowest BCUT2D eigenvalue weighted by Crippen LogP contribution is -2.35. The van der Waals surface area contributed by atoms with Crippen molar-refractivity contribution < 1.29 is 17.9 Å². The van der Waals surface area contributed by atoms with Gasteiger partial charge in [0, 0.05) is 20.0 Å². The number of nitrogens with one attached hydrogen (secondary N) is 1. The lowest BCUT2D eigenvalue weighted by atomic mass is 10.3. The van der Waals surface area contributed by atoms with Crippen molar-refractivity contribution in [2.24, 2.45) is 0 Å². The second kappa shape index (κ2) is 8.76. The molecule has 0 fully saturated rings. The maximum atomic E-state index is 12.3. The largest absolute Gasteiger partial charge is 0.491 e. The molecule has 0 unspecified atom stereocenters. The minimum Gasteiger partial charge on any atom is -0.491 e. The number of anilines is 1. The molecule has 0 spiro atoms. The molecule has 7 heteroatoms. The lowest BCUT2D eigenvalue weighted by molar-refractivity contribution is -0.120. The number of amides is 1. The molecule has 1 rings (SSSR count). The smallest absolute Gasteiger partial charge is 0.236 e. The number of carbonyl (C=O) groups is 1. The fraction of sp³-hybridized carbons (Fsp3) is 0.562. The molecule has 0 heterocycles. The monoisotopic (exact) mass is 342 g/mol. The molecule has 0 aliphatic rings. The van der Waals surface area contributed by atoms with E-state index in [9.17, 15) is 13.2 Å². The normalized spacial score (nSPS) is 11.3. The summed E-state index contributed by atoms with van der Waals surface area (Å²) in [4.78, 5) is 11.4. The first-order valence-electron chi connectivity index (χ1n) is 7.76. The number of hydrogen-bond donors (Lipinski definition) is 1. The Hall–Kier alpha value is -1.76. The van der Waals surface area contributed by atoms with Crippen LogP contribution in [0.1, 0.15) is 33.6 Å². The molecule has 0 aliphatic heterocycles.